The van der Waals surface area contributed by atoms with Gasteiger partial charge in [0.2, 0.25) is 0 Å². The molecule has 0 unspecified atom stereocenters. The fraction of sp³-hybridized carbons (Fsp3) is 0.111. The second kappa shape index (κ2) is 3.37. The maximum absolute atomic E-state index is 11.2. The van der Waals surface area contributed by atoms with Crippen molar-refractivity contribution in [2.75, 3.05) is 0 Å². The molecule has 0 saturated carbocycles. The molecule has 0 bridgehead atoms. The van der Waals surface area contributed by atoms with Gasteiger partial charge in [-0.15, -0.1) is 5.10 Å². The third-order valence-electron chi connectivity index (χ3n) is 2.01. The van der Waals surface area contributed by atoms with Gasteiger partial charge >= 0.3 is 5.56 Å². The minimum absolute atomic E-state index is 0.288. The van der Waals surface area contributed by atoms with Crippen molar-refractivity contribution in [1.29, 1.82) is 0 Å². The number of H-pyrrole nitrogens is 2. The molecule has 5 nitrogen and oxygen atoms in total. The van der Waals surface area contributed by atoms with E-state index in [4.69, 9.17) is 0 Å². The molecular weight excluding hydrogens is 182 g/mol. The van der Waals surface area contributed by atoms with Gasteiger partial charge in [-0.05, 0) is 5.56 Å². The first-order valence-electron chi connectivity index (χ1n) is 4.22. The summed E-state index contributed by atoms with van der Waals surface area (Å²) in [5.41, 5.74) is 0.952. The van der Waals surface area contributed by atoms with E-state index in [1.54, 1.807) is 0 Å². The number of aromatic amines is 2. The van der Waals surface area contributed by atoms with Gasteiger partial charge < -0.3 is 5.21 Å². The van der Waals surface area contributed by atoms with Gasteiger partial charge in [0, 0.05) is 11.3 Å². The van der Waals surface area contributed by atoms with Gasteiger partial charge in [0.05, 0.1) is 0 Å². The molecule has 2 rings (SSSR count). The van der Waals surface area contributed by atoms with Crippen molar-refractivity contribution in [3.63, 3.8) is 0 Å². The Morgan fingerprint density at radius 3 is 2.57 bits per heavy atom. The van der Waals surface area contributed by atoms with E-state index in [1.807, 2.05) is 30.3 Å². The van der Waals surface area contributed by atoms with Gasteiger partial charge in [-0.1, -0.05) is 35.5 Å². The SMILES string of the molecule is O=c1[nH][nH][n+](O)c1Cc1ccccc1. The van der Waals surface area contributed by atoms with Gasteiger partial charge in [-0.2, -0.15) is 0 Å². The third-order valence-corrected chi connectivity index (χ3v) is 2.01. The lowest BCUT2D eigenvalue weighted by Crippen LogP contribution is -2.38. The Labute approximate surface area is 79.6 Å². The lowest BCUT2D eigenvalue weighted by atomic mass is 10.1. The molecule has 0 radical (unpaired) electrons. The highest BCUT2D eigenvalue weighted by molar-refractivity contribution is 5.18. The number of nitrogens with zero attached hydrogens (tertiary/aromatic N) is 1. The minimum Gasteiger partial charge on any atom is -0.331 e. The van der Waals surface area contributed by atoms with Crippen LogP contribution >= 0.6 is 0 Å². The van der Waals surface area contributed by atoms with Crippen molar-refractivity contribution in [2.45, 2.75) is 6.42 Å². The van der Waals surface area contributed by atoms with Crippen molar-refractivity contribution in [3.8, 4) is 0 Å². The van der Waals surface area contributed by atoms with E-state index in [2.05, 4.69) is 10.3 Å². The van der Waals surface area contributed by atoms with Gasteiger partial charge in [-0.25, -0.2) is 4.79 Å². The largest absolute Gasteiger partial charge is 0.398 e. The number of hydrogen-bond donors (Lipinski definition) is 3. The zero-order chi connectivity index (χ0) is 9.97. The number of hydrogen-bond acceptors (Lipinski definition) is 2. The van der Waals surface area contributed by atoms with Crippen LogP contribution < -0.4 is 10.4 Å². The topological polar surface area (TPSA) is 72.8 Å². The predicted octanol–water partition coefficient (Wildman–Crippen LogP) is -0.181. The zero-order valence-corrected chi connectivity index (χ0v) is 7.40. The standard InChI is InChI=1S/C9H9N3O2/c13-9-8(12(14)11-10-9)6-7-4-2-1-3-5-7/h1-5,13-14H,6H2/p+1. The molecule has 5 heteroatoms. The second-order valence-corrected chi connectivity index (χ2v) is 2.99. The highest BCUT2D eigenvalue weighted by Crippen LogP contribution is 2.01. The van der Waals surface area contributed by atoms with Crippen LogP contribution in [0, 0.1) is 0 Å². The summed E-state index contributed by atoms with van der Waals surface area (Å²) in [5, 5.41) is 13.8. The van der Waals surface area contributed by atoms with Crippen LogP contribution in [0.2, 0.25) is 0 Å². The summed E-state index contributed by atoms with van der Waals surface area (Å²) in [6, 6.07) is 9.46. The molecule has 0 fully saturated rings. The molecule has 3 N–H and O–H groups in total. The summed E-state index contributed by atoms with van der Waals surface area (Å²) >= 11 is 0. The average molecular weight is 192 g/mol. The lowest BCUT2D eigenvalue weighted by Gasteiger charge is -1.93. The second-order valence-electron chi connectivity index (χ2n) is 2.99. The first-order chi connectivity index (χ1) is 6.77. The van der Waals surface area contributed by atoms with Gasteiger partial charge in [0.15, 0.2) is 0 Å². The molecule has 2 aromatic rings. The summed E-state index contributed by atoms with van der Waals surface area (Å²) in [4.78, 5) is 11.9. The van der Waals surface area contributed by atoms with Crippen LogP contribution in [0.3, 0.4) is 0 Å². The van der Waals surface area contributed by atoms with Crippen LogP contribution in [0.25, 0.3) is 0 Å². The molecule has 0 aliphatic heterocycles. The molecule has 0 saturated heterocycles. The highest BCUT2D eigenvalue weighted by atomic mass is 16.5. The first kappa shape index (κ1) is 8.55. The molecule has 1 aromatic carbocycles. The van der Waals surface area contributed by atoms with Crippen LogP contribution in [0.1, 0.15) is 11.3 Å². The van der Waals surface area contributed by atoms with E-state index in [-0.39, 0.29) is 11.3 Å². The van der Waals surface area contributed by atoms with Gasteiger partial charge in [-0.3, -0.25) is 0 Å². The van der Waals surface area contributed by atoms with Crippen molar-refractivity contribution in [1.82, 2.24) is 10.3 Å². The van der Waals surface area contributed by atoms with E-state index in [0.29, 0.717) is 11.3 Å². The fourth-order valence-corrected chi connectivity index (χ4v) is 1.28. The Balaban J connectivity index is 2.32. The van der Waals surface area contributed by atoms with E-state index < -0.39 is 0 Å². The van der Waals surface area contributed by atoms with Crippen molar-refractivity contribution < 1.29 is 10.1 Å². The summed E-state index contributed by atoms with van der Waals surface area (Å²) in [7, 11) is 0. The molecule has 0 spiro atoms. The molecule has 1 heterocycles. The Morgan fingerprint density at radius 1 is 1.29 bits per heavy atom. The normalized spacial score (nSPS) is 10.3. The third kappa shape index (κ3) is 1.52. The molecule has 0 aliphatic rings. The molecule has 1 aromatic heterocycles. The molecule has 0 aliphatic carbocycles. The van der Waals surface area contributed by atoms with E-state index in [1.165, 1.54) is 0 Å². The highest BCUT2D eigenvalue weighted by Gasteiger charge is 2.15. The molecule has 14 heavy (non-hydrogen) atoms. The van der Waals surface area contributed by atoms with Crippen LogP contribution in [0.15, 0.2) is 35.1 Å². The molecule has 0 atom stereocenters. The maximum atomic E-state index is 11.2. The zero-order valence-electron chi connectivity index (χ0n) is 7.40. The van der Waals surface area contributed by atoms with E-state index in [9.17, 15) is 10.0 Å². The van der Waals surface area contributed by atoms with Crippen molar-refractivity contribution in [2.24, 2.45) is 0 Å². The summed E-state index contributed by atoms with van der Waals surface area (Å²) < 4.78 is 0. The van der Waals surface area contributed by atoms with E-state index >= 15 is 0 Å². The maximum Gasteiger partial charge on any atom is 0.398 e. The Hall–Kier alpha value is -2.04. The summed E-state index contributed by atoms with van der Waals surface area (Å²) in [6.45, 7) is 0. The quantitative estimate of drug-likeness (QED) is 0.456. The predicted molar refractivity (Wildman–Crippen MR) is 48.0 cm³/mol. The number of rotatable bonds is 2. The molecule has 72 valence electrons. The fourth-order valence-electron chi connectivity index (χ4n) is 1.28. The molecule has 0 amide bonds. The van der Waals surface area contributed by atoms with Crippen LogP contribution in [0.4, 0.5) is 0 Å². The Morgan fingerprint density at radius 2 is 2.00 bits per heavy atom. The smallest absolute Gasteiger partial charge is 0.331 e. The molecular formula is C9H10N3O2+. The first-order valence-corrected chi connectivity index (χ1v) is 4.22. The van der Waals surface area contributed by atoms with Crippen LogP contribution in [-0.4, -0.2) is 15.5 Å². The van der Waals surface area contributed by atoms with Gasteiger partial charge in [0.1, 0.15) is 0 Å². The van der Waals surface area contributed by atoms with Crippen molar-refractivity contribution >= 4 is 0 Å². The number of benzene rings is 1. The van der Waals surface area contributed by atoms with E-state index in [0.717, 1.165) is 5.56 Å². The Kier molecular flexibility index (Phi) is 2.06. The minimum atomic E-state index is -0.309. The van der Waals surface area contributed by atoms with Gasteiger partial charge in [0.25, 0.3) is 5.69 Å². The van der Waals surface area contributed by atoms with Crippen molar-refractivity contribution in [3.05, 3.63) is 51.9 Å². The Bertz CT molecular complexity index is 472. The summed E-state index contributed by atoms with van der Waals surface area (Å²) in [5.74, 6) is 0. The summed E-state index contributed by atoms with van der Waals surface area (Å²) in [6.07, 6.45) is 0.399. The number of nitrogens with one attached hydrogen (secondary N) is 2. The average Bonchev–Trinajstić information content (AvgIpc) is 2.51. The monoisotopic (exact) mass is 192 g/mol. The lowest BCUT2D eigenvalue weighted by molar-refractivity contribution is -0.952. The van der Waals surface area contributed by atoms with Crippen LogP contribution in [0.5, 0.6) is 0 Å². The van der Waals surface area contributed by atoms with Crippen LogP contribution in [-0.2, 0) is 6.42 Å². The number of aromatic nitrogens is 3.